The van der Waals surface area contributed by atoms with Gasteiger partial charge in [-0.3, -0.25) is 4.98 Å². The molecule has 0 N–H and O–H groups in total. The molecule has 0 radical (unpaired) electrons. The molecule has 29 heavy (non-hydrogen) atoms. The van der Waals surface area contributed by atoms with Gasteiger partial charge in [-0.05, 0) is 45.4 Å². The zero-order chi connectivity index (χ0) is 21.0. The maximum absolute atomic E-state index is 12.2. The molecule has 1 aliphatic heterocycles. The molecule has 0 unspecified atom stereocenters. The van der Waals surface area contributed by atoms with Gasteiger partial charge in [0.2, 0.25) is 5.88 Å². The number of ether oxygens (including phenoxy) is 2. The summed E-state index contributed by atoms with van der Waals surface area (Å²) in [6.07, 6.45) is 1.35. The van der Waals surface area contributed by atoms with E-state index in [4.69, 9.17) is 21.1 Å². The molecule has 2 heterocycles. The Morgan fingerprint density at radius 2 is 1.93 bits per heavy atom. The van der Waals surface area contributed by atoms with Gasteiger partial charge in [0, 0.05) is 31.2 Å². The van der Waals surface area contributed by atoms with Crippen LogP contribution in [-0.4, -0.2) is 52.7 Å². The van der Waals surface area contributed by atoms with Crippen molar-refractivity contribution in [1.82, 2.24) is 14.9 Å². The van der Waals surface area contributed by atoms with Crippen molar-refractivity contribution in [3.8, 4) is 5.88 Å². The molecule has 3 rings (SSSR count). The topological polar surface area (TPSA) is 67.8 Å². The third kappa shape index (κ3) is 5.97. The van der Waals surface area contributed by atoms with Gasteiger partial charge in [0.1, 0.15) is 12.2 Å². The summed E-state index contributed by atoms with van der Waals surface area (Å²) >= 11 is 6.02. The number of aryl methyl sites for hydroxylation is 1. The summed E-state index contributed by atoms with van der Waals surface area (Å²) in [5, 5.41) is 0.671. The minimum atomic E-state index is -0.495. The van der Waals surface area contributed by atoms with Crippen LogP contribution in [0.5, 0.6) is 5.88 Å². The quantitative estimate of drug-likeness (QED) is 0.745. The van der Waals surface area contributed by atoms with Crippen LogP contribution in [-0.2, 0) is 11.3 Å². The zero-order valence-electron chi connectivity index (χ0n) is 17.3. The SMILES string of the molecule is Cc1ncc(OCc2cccc(Cl)c2)nc1N1CCN(C(=O)OC(C)(C)C)CC1. The summed E-state index contributed by atoms with van der Waals surface area (Å²) in [5.74, 6) is 1.23. The van der Waals surface area contributed by atoms with Gasteiger partial charge >= 0.3 is 6.09 Å². The van der Waals surface area contributed by atoms with Crippen LogP contribution in [0.15, 0.2) is 30.5 Å². The largest absolute Gasteiger partial charge is 0.472 e. The number of anilines is 1. The summed E-state index contributed by atoms with van der Waals surface area (Å²) < 4.78 is 11.3. The fourth-order valence-corrected chi connectivity index (χ4v) is 3.22. The molecule has 0 spiro atoms. The molecule has 0 bridgehead atoms. The van der Waals surface area contributed by atoms with Gasteiger partial charge in [-0.1, -0.05) is 23.7 Å². The number of piperazine rings is 1. The molecule has 7 nitrogen and oxygen atoms in total. The van der Waals surface area contributed by atoms with Gasteiger partial charge in [0.25, 0.3) is 0 Å². The molecule has 2 aromatic rings. The van der Waals surface area contributed by atoms with E-state index in [1.165, 1.54) is 0 Å². The summed E-state index contributed by atoms with van der Waals surface area (Å²) in [6, 6.07) is 7.52. The molecular weight excluding hydrogens is 392 g/mol. The van der Waals surface area contributed by atoms with Gasteiger partial charge in [0.05, 0.1) is 11.9 Å². The molecule has 1 fully saturated rings. The molecule has 156 valence electrons. The number of carbonyl (C=O) groups excluding carboxylic acids is 1. The van der Waals surface area contributed by atoms with Crippen LogP contribution in [0, 0.1) is 6.92 Å². The molecule has 1 saturated heterocycles. The predicted molar refractivity (Wildman–Crippen MR) is 113 cm³/mol. The number of amides is 1. The van der Waals surface area contributed by atoms with Gasteiger partial charge in [0.15, 0.2) is 5.82 Å². The third-order valence-electron chi connectivity index (χ3n) is 4.41. The molecule has 1 aromatic heterocycles. The highest BCUT2D eigenvalue weighted by Gasteiger charge is 2.27. The Morgan fingerprint density at radius 3 is 2.59 bits per heavy atom. The molecule has 1 aromatic carbocycles. The Balaban J connectivity index is 1.61. The number of nitrogens with zero attached hydrogens (tertiary/aromatic N) is 4. The molecule has 0 atom stereocenters. The maximum Gasteiger partial charge on any atom is 0.410 e. The van der Waals surface area contributed by atoms with Gasteiger partial charge in [-0.2, -0.15) is 4.98 Å². The van der Waals surface area contributed by atoms with Crippen molar-refractivity contribution >= 4 is 23.5 Å². The smallest absolute Gasteiger partial charge is 0.410 e. The second-order valence-electron chi connectivity index (χ2n) is 7.99. The summed E-state index contributed by atoms with van der Waals surface area (Å²) in [5.41, 5.74) is 1.29. The summed E-state index contributed by atoms with van der Waals surface area (Å²) in [6.45, 7) is 10.4. The molecular formula is C21H27ClN4O3. The first kappa shape index (κ1) is 21.2. The van der Waals surface area contributed by atoms with Crippen molar-refractivity contribution in [1.29, 1.82) is 0 Å². The van der Waals surface area contributed by atoms with E-state index in [-0.39, 0.29) is 6.09 Å². The Morgan fingerprint density at radius 1 is 1.21 bits per heavy atom. The third-order valence-corrected chi connectivity index (χ3v) is 4.65. The maximum atomic E-state index is 12.2. The second-order valence-corrected chi connectivity index (χ2v) is 8.43. The molecule has 0 saturated carbocycles. The van der Waals surface area contributed by atoms with Gasteiger partial charge in [-0.25, -0.2) is 4.79 Å². The first-order valence-electron chi connectivity index (χ1n) is 9.65. The number of hydrogen-bond acceptors (Lipinski definition) is 6. The molecule has 8 heteroatoms. The van der Waals surface area contributed by atoms with Gasteiger partial charge < -0.3 is 19.3 Å². The highest BCUT2D eigenvalue weighted by atomic mass is 35.5. The van der Waals surface area contributed by atoms with E-state index in [0.29, 0.717) is 43.7 Å². The van der Waals surface area contributed by atoms with Crippen molar-refractivity contribution < 1.29 is 14.3 Å². The van der Waals surface area contributed by atoms with Crippen molar-refractivity contribution in [2.45, 2.75) is 39.9 Å². The van der Waals surface area contributed by atoms with Crippen LogP contribution in [0.25, 0.3) is 0 Å². The summed E-state index contributed by atoms with van der Waals surface area (Å²) in [7, 11) is 0. The van der Waals surface area contributed by atoms with E-state index < -0.39 is 5.60 Å². The van der Waals surface area contributed by atoms with E-state index in [1.807, 2.05) is 52.0 Å². The van der Waals surface area contributed by atoms with E-state index in [0.717, 1.165) is 17.1 Å². The normalized spacial score (nSPS) is 14.7. The Hall–Kier alpha value is -2.54. The molecule has 1 aliphatic rings. The number of aromatic nitrogens is 2. The average Bonchev–Trinajstić information content (AvgIpc) is 2.66. The Kier molecular flexibility index (Phi) is 6.47. The zero-order valence-corrected chi connectivity index (χ0v) is 18.1. The van der Waals surface area contributed by atoms with E-state index >= 15 is 0 Å². The van der Waals surface area contributed by atoms with E-state index in [2.05, 4.69) is 14.9 Å². The first-order valence-corrected chi connectivity index (χ1v) is 10.0. The number of hydrogen-bond donors (Lipinski definition) is 0. The number of benzene rings is 1. The number of carbonyl (C=O) groups is 1. The van der Waals surface area contributed by atoms with Crippen LogP contribution < -0.4 is 9.64 Å². The van der Waals surface area contributed by atoms with E-state index in [9.17, 15) is 4.79 Å². The van der Waals surface area contributed by atoms with Crippen LogP contribution in [0.1, 0.15) is 32.0 Å². The van der Waals surface area contributed by atoms with Crippen LogP contribution >= 0.6 is 11.6 Å². The van der Waals surface area contributed by atoms with Crippen LogP contribution in [0.2, 0.25) is 5.02 Å². The van der Waals surface area contributed by atoms with Crippen LogP contribution in [0.3, 0.4) is 0 Å². The van der Waals surface area contributed by atoms with Crippen LogP contribution in [0.4, 0.5) is 10.6 Å². The fourth-order valence-electron chi connectivity index (χ4n) is 3.00. The lowest BCUT2D eigenvalue weighted by Gasteiger charge is -2.36. The minimum absolute atomic E-state index is 0.279. The lowest BCUT2D eigenvalue weighted by atomic mass is 10.2. The Bertz CT molecular complexity index is 861. The molecule has 0 aliphatic carbocycles. The highest BCUT2D eigenvalue weighted by molar-refractivity contribution is 6.30. The van der Waals surface area contributed by atoms with Crippen molar-refractivity contribution in [3.63, 3.8) is 0 Å². The highest BCUT2D eigenvalue weighted by Crippen LogP contribution is 2.22. The van der Waals surface area contributed by atoms with E-state index in [1.54, 1.807) is 11.1 Å². The number of rotatable bonds is 4. The molecule has 1 amide bonds. The van der Waals surface area contributed by atoms with Crippen molar-refractivity contribution in [3.05, 3.63) is 46.7 Å². The monoisotopic (exact) mass is 418 g/mol. The fraction of sp³-hybridized carbons (Fsp3) is 0.476. The average molecular weight is 419 g/mol. The summed E-state index contributed by atoms with van der Waals surface area (Å²) in [4.78, 5) is 25.2. The predicted octanol–water partition coefficient (Wildman–Crippen LogP) is 4.07. The van der Waals surface area contributed by atoms with Crippen molar-refractivity contribution in [2.75, 3.05) is 31.1 Å². The van der Waals surface area contributed by atoms with Crippen molar-refractivity contribution in [2.24, 2.45) is 0 Å². The van der Waals surface area contributed by atoms with Gasteiger partial charge in [-0.15, -0.1) is 0 Å². The second kappa shape index (κ2) is 8.86. The standard InChI is InChI=1S/C21H27ClN4O3/c1-15-19(25-8-10-26(11-9-25)20(27)29-21(2,3)4)24-18(13-23-15)28-14-16-6-5-7-17(22)12-16/h5-7,12-13H,8-11,14H2,1-4H3. The minimum Gasteiger partial charge on any atom is -0.472 e. The Labute approximate surface area is 176 Å². The lowest BCUT2D eigenvalue weighted by Crippen LogP contribution is -2.50. The first-order chi connectivity index (χ1) is 13.7. The lowest BCUT2D eigenvalue weighted by molar-refractivity contribution is 0.0240. The number of halogens is 1.